The van der Waals surface area contributed by atoms with Crippen molar-refractivity contribution in [3.8, 4) is 0 Å². The van der Waals surface area contributed by atoms with Gasteiger partial charge in [-0.2, -0.15) is 0 Å². The molecule has 0 aliphatic heterocycles. The molecule has 0 spiro atoms. The second-order valence-electron chi connectivity index (χ2n) is 13.7. The number of aryl methyl sites for hydroxylation is 1. The van der Waals surface area contributed by atoms with Gasteiger partial charge in [-0.25, -0.2) is 8.42 Å². The molecule has 0 aromatic heterocycles. The van der Waals surface area contributed by atoms with Gasteiger partial charge < -0.3 is 10.2 Å². The van der Waals surface area contributed by atoms with Crippen LogP contribution in [0, 0.1) is 24.7 Å². The molecule has 0 heterocycles. The molecule has 8 heteroatoms. The monoisotopic (exact) mass is 607 g/mol. The quantitative estimate of drug-likeness (QED) is 0.323. The second kappa shape index (κ2) is 12.6. The van der Waals surface area contributed by atoms with E-state index in [1.807, 2.05) is 64.1 Å². The number of hydrogen-bond donors (Lipinski definition) is 1. The maximum atomic E-state index is 14.1. The molecule has 2 amide bonds. The Morgan fingerprint density at radius 3 is 2.02 bits per heavy atom. The lowest BCUT2D eigenvalue weighted by atomic mass is 9.48. The Balaban J connectivity index is 1.41. The molecule has 0 saturated heterocycles. The SMILES string of the molecule is CC[C@@H](C)NC(=O)[C@@H](CC)N(Cc1ccccc1C)C(=O)CN(c1ccc(C23CC4CC(CC(C4)C2)C3)cc1)S(C)(=O)=O. The van der Waals surface area contributed by atoms with Crippen LogP contribution in [0.4, 0.5) is 5.69 Å². The third-order valence-electron chi connectivity index (χ3n) is 10.5. The molecule has 4 aliphatic rings. The zero-order valence-electron chi connectivity index (χ0n) is 26.5. The van der Waals surface area contributed by atoms with E-state index in [0.29, 0.717) is 12.1 Å². The maximum Gasteiger partial charge on any atom is 0.244 e. The Morgan fingerprint density at radius 2 is 1.51 bits per heavy atom. The number of nitrogens with one attached hydrogen (secondary N) is 1. The van der Waals surface area contributed by atoms with E-state index in [2.05, 4.69) is 17.4 Å². The van der Waals surface area contributed by atoms with Gasteiger partial charge in [0.1, 0.15) is 12.6 Å². The number of sulfonamides is 1. The van der Waals surface area contributed by atoms with Crippen LogP contribution in [0.5, 0.6) is 0 Å². The van der Waals surface area contributed by atoms with Crippen LogP contribution < -0.4 is 9.62 Å². The van der Waals surface area contributed by atoms with Crippen molar-refractivity contribution in [3.63, 3.8) is 0 Å². The molecule has 43 heavy (non-hydrogen) atoms. The summed E-state index contributed by atoms with van der Waals surface area (Å²) in [4.78, 5) is 29.0. The average molecular weight is 608 g/mol. The minimum absolute atomic E-state index is 0.0306. The fourth-order valence-corrected chi connectivity index (χ4v) is 9.24. The molecular formula is C35H49N3O4S. The molecule has 4 saturated carbocycles. The molecular weight excluding hydrogens is 558 g/mol. The van der Waals surface area contributed by atoms with Gasteiger partial charge in [0.25, 0.3) is 0 Å². The third kappa shape index (κ3) is 6.79. The Hall–Kier alpha value is -2.87. The van der Waals surface area contributed by atoms with Gasteiger partial charge in [0.05, 0.1) is 11.9 Å². The van der Waals surface area contributed by atoms with Crippen LogP contribution in [-0.4, -0.2) is 50.0 Å². The Labute approximate surface area is 258 Å². The zero-order valence-corrected chi connectivity index (χ0v) is 27.3. The van der Waals surface area contributed by atoms with Gasteiger partial charge in [-0.1, -0.05) is 50.2 Å². The molecule has 7 nitrogen and oxygen atoms in total. The van der Waals surface area contributed by atoms with Crippen molar-refractivity contribution < 1.29 is 18.0 Å². The fourth-order valence-electron chi connectivity index (χ4n) is 8.39. The lowest BCUT2D eigenvalue weighted by molar-refractivity contribution is -0.140. The Bertz CT molecular complexity index is 1390. The summed E-state index contributed by atoms with van der Waals surface area (Å²) in [5.41, 5.74) is 3.94. The first-order valence-electron chi connectivity index (χ1n) is 16.1. The molecule has 0 radical (unpaired) electrons. The summed E-state index contributed by atoms with van der Waals surface area (Å²) in [7, 11) is -3.78. The van der Waals surface area contributed by atoms with Gasteiger partial charge in [-0.3, -0.25) is 13.9 Å². The molecule has 4 aliphatic carbocycles. The minimum atomic E-state index is -3.78. The van der Waals surface area contributed by atoms with Crippen LogP contribution in [0.25, 0.3) is 0 Å². The van der Waals surface area contributed by atoms with E-state index < -0.39 is 22.0 Å². The van der Waals surface area contributed by atoms with E-state index in [1.54, 1.807) is 4.90 Å². The summed E-state index contributed by atoms with van der Waals surface area (Å²) in [5.74, 6) is 1.84. The van der Waals surface area contributed by atoms with Crippen molar-refractivity contribution in [2.75, 3.05) is 17.1 Å². The average Bonchev–Trinajstić information content (AvgIpc) is 2.95. The van der Waals surface area contributed by atoms with Crippen molar-refractivity contribution in [2.45, 2.75) is 103 Å². The molecule has 2 aromatic rings. The van der Waals surface area contributed by atoms with E-state index in [9.17, 15) is 18.0 Å². The van der Waals surface area contributed by atoms with Crippen molar-refractivity contribution in [2.24, 2.45) is 17.8 Å². The third-order valence-corrected chi connectivity index (χ3v) is 11.6. The molecule has 1 N–H and O–H groups in total. The lowest BCUT2D eigenvalue weighted by Gasteiger charge is -2.57. The number of amides is 2. The predicted molar refractivity (Wildman–Crippen MR) is 172 cm³/mol. The first-order chi connectivity index (χ1) is 20.4. The van der Waals surface area contributed by atoms with Crippen LogP contribution in [0.2, 0.25) is 0 Å². The highest BCUT2D eigenvalue weighted by atomic mass is 32.2. The van der Waals surface area contributed by atoms with Crippen LogP contribution in [0.15, 0.2) is 48.5 Å². The summed E-state index contributed by atoms with van der Waals surface area (Å²) >= 11 is 0. The molecule has 4 fully saturated rings. The van der Waals surface area contributed by atoms with Crippen molar-refractivity contribution in [3.05, 3.63) is 65.2 Å². The van der Waals surface area contributed by atoms with Gasteiger partial charge in [0.2, 0.25) is 21.8 Å². The molecule has 2 atom stereocenters. The van der Waals surface area contributed by atoms with Crippen molar-refractivity contribution in [1.82, 2.24) is 10.2 Å². The van der Waals surface area contributed by atoms with Crippen molar-refractivity contribution >= 4 is 27.5 Å². The van der Waals surface area contributed by atoms with Crippen molar-refractivity contribution in [1.29, 1.82) is 0 Å². The highest BCUT2D eigenvalue weighted by molar-refractivity contribution is 7.92. The van der Waals surface area contributed by atoms with Crippen LogP contribution >= 0.6 is 0 Å². The van der Waals surface area contributed by atoms with E-state index in [1.165, 1.54) is 48.4 Å². The molecule has 2 aromatic carbocycles. The number of hydrogen-bond acceptors (Lipinski definition) is 4. The smallest absolute Gasteiger partial charge is 0.244 e. The van der Waals surface area contributed by atoms with Gasteiger partial charge >= 0.3 is 0 Å². The highest BCUT2D eigenvalue weighted by Gasteiger charge is 2.51. The van der Waals surface area contributed by atoms with E-state index in [4.69, 9.17) is 0 Å². The number of benzene rings is 2. The van der Waals surface area contributed by atoms with Gasteiger partial charge in [0.15, 0.2) is 0 Å². The fraction of sp³-hybridized carbons (Fsp3) is 0.600. The highest BCUT2D eigenvalue weighted by Crippen LogP contribution is 2.60. The normalized spacial score (nSPS) is 25.7. The first-order valence-corrected chi connectivity index (χ1v) is 18.0. The van der Waals surface area contributed by atoms with Crippen LogP contribution in [0.1, 0.15) is 88.8 Å². The summed E-state index contributed by atoms with van der Waals surface area (Å²) in [6.45, 7) is 7.66. The molecule has 6 rings (SSSR count). The Kier molecular flexibility index (Phi) is 9.26. The maximum absolute atomic E-state index is 14.1. The number of carbonyl (C=O) groups excluding carboxylic acids is 2. The minimum Gasteiger partial charge on any atom is -0.352 e. The number of anilines is 1. The molecule has 234 valence electrons. The second-order valence-corrected chi connectivity index (χ2v) is 15.6. The molecule has 0 unspecified atom stereocenters. The Morgan fingerprint density at radius 1 is 0.930 bits per heavy atom. The number of carbonyl (C=O) groups is 2. The van der Waals surface area contributed by atoms with E-state index in [0.717, 1.165) is 41.6 Å². The number of rotatable bonds is 12. The van der Waals surface area contributed by atoms with Gasteiger partial charge in [0, 0.05) is 12.6 Å². The lowest BCUT2D eigenvalue weighted by Crippen LogP contribution is -2.53. The topological polar surface area (TPSA) is 86.8 Å². The summed E-state index contributed by atoms with van der Waals surface area (Å²) in [6, 6.07) is 15.0. The zero-order chi connectivity index (χ0) is 30.9. The van der Waals surface area contributed by atoms with E-state index >= 15 is 0 Å². The summed E-state index contributed by atoms with van der Waals surface area (Å²) < 4.78 is 27.5. The number of nitrogens with zero attached hydrogens (tertiary/aromatic N) is 2. The molecule has 4 bridgehead atoms. The van der Waals surface area contributed by atoms with Crippen LogP contribution in [-0.2, 0) is 31.6 Å². The predicted octanol–water partition coefficient (Wildman–Crippen LogP) is 5.95. The van der Waals surface area contributed by atoms with Gasteiger partial charge in [-0.05, 0) is 117 Å². The van der Waals surface area contributed by atoms with Gasteiger partial charge in [-0.15, -0.1) is 0 Å². The van der Waals surface area contributed by atoms with E-state index in [-0.39, 0.29) is 30.5 Å². The first kappa shape index (κ1) is 31.6. The largest absolute Gasteiger partial charge is 0.352 e. The van der Waals surface area contributed by atoms with Crippen LogP contribution in [0.3, 0.4) is 0 Å². The summed E-state index contributed by atoms with van der Waals surface area (Å²) in [5, 5.41) is 3.03. The standard InChI is InChI=1S/C35H49N3O4S/c1-6-25(4)36-34(40)32(7-2)37(22-29-11-9-8-10-24(29)3)33(39)23-38(43(5,41)42)31-14-12-30(13-15-31)35-19-26-16-27(20-35)18-28(17-26)21-35/h8-15,25-28,32H,6-7,16-23H2,1-5H3,(H,36,40)/t25-,26?,27?,28?,32-,35?/m1/s1. The summed E-state index contributed by atoms with van der Waals surface area (Å²) in [6.07, 6.45) is 10.1.